The van der Waals surface area contributed by atoms with Crippen LogP contribution in [0.5, 0.6) is 11.5 Å². The lowest BCUT2D eigenvalue weighted by atomic mass is 9.98. The minimum absolute atomic E-state index is 0.412. The predicted octanol–water partition coefficient (Wildman–Crippen LogP) is 3.75. The summed E-state index contributed by atoms with van der Waals surface area (Å²) in [5.74, 6) is 1.54. The van der Waals surface area contributed by atoms with Gasteiger partial charge in [-0.1, -0.05) is 17.7 Å². The van der Waals surface area contributed by atoms with Crippen molar-refractivity contribution < 1.29 is 17.9 Å². The van der Waals surface area contributed by atoms with Gasteiger partial charge in [0.1, 0.15) is 0 Å². The Hall–Kier alpha value is -2.09. The fourth-order valence-electron chi connectivity index (χ4n) is 4.46. The molecule has 0 spiro atoms. The van der Waals surface area contributed by atoms with Gasteiger partial charge in [-0.15, -0.1) is 0 Å². The number of benzene rings is 2. The molecule has 2 aromatic rings. The van der Waals surface area contributed by atoms with E-state index in [2.05, 4.69) is 21.8 Å². The molecule has 170 valence electrons. The topological polar surface area (TPSA) is 67.9 Å². The van der Waals surface area contributed by atoms with Gasteiger partial charge in [0.05, 0.1) is 19.1 Å². The molecule has 1 heterocycles. The van der Waals surface area contributed by atoms with Crippen LogP contribution in [0.15, 0.2) is 29.2 Å². The van der Waals surface area contributed by atoms with Crippen LogP contribution in [0.1, 0.15) is 40.7 Å². The summed E-state index contributed by atoms with van der Waals surface area (Å²) >= 11 is 0. The lowest BCUT2D eigenvalue weighted by molar-refractivity contribution is 0.248. The molecule has 0 saturated carbocycles. The smallest absolute Gasteiger partial charge is 0.241 e. The van der Waals surface area contributed by atoms with Gasteiger partial charge >= 0.3 is 0 Å². The van der Waals surface area contributed by atoms with Crippen molar-refractivity contribution in [3.63, 3.8) is 0 Å². The molecule has 0 atom stereocenters. The second kappa shape index (κ2) is 10.0. The maximum Gasteiger partial charge on any atom is 0.241 e. The highest BCUT2D eigenvalue weighted by Crippen LogP contribution is 2.33. The van der Waals surface area contributed by atoms with E-state index in [4.69, 9.17) is 9.47 Å². The van der Waals surface area contributed by atoms with Gasteiger partial charge in [-0.2, -0.15) is 0 Å². The van der Waals surface area contributed by atoms with Crippen LogP contribution in [0, 0.1) is 20.8 Å². The molecule has 1 N–H and O–H groups in total. The summed E-state index contributed by atoms with van der Waals surface area (Å²) < 4.78 is 39.1. The van der Waals surface area contributed by atoms with Crippen molar-refractivity contribution in [3.8, 4) is 11.5 Å². The number of ether oxygens (including phenoxy) is 2. The zero-order chi connectivity index (χ0) is 22.6. The van der Waals surface area contributed by atoms with Crippen LogP contribution < -0.4 is 14.2 Å². The molecule has 0 saturated heterocycles. The number of nitrogens with zero attached hydrogens (tertiary/aromatic N) is 1. The van der Waals surface area contributed by atoms with Crippen molar-refractivity contribution in [2.24, 2.45) is 0 Å². The molecule has 7 heteroatoms. The number of unbranched alkanes of at least 4 members (excludes halogenated alkanes) is 1. The molecule has 3 rings (SSSR count). The van der Waals surface area contributed by atoms with E-state index in [0.717, 1.165) is 67.1 Å². The zero-order valence-corrected chi connectivity index (χ0v) is 20.1. The van der Waals surface area contributed by atoms with Gasteiger partial charge in [-0.25, -0.2) is 13.1 Å². The lowest BCUT2D eigenvalue weighted by Crippen LogP contribution is -2.32. The summed E-state index contributed by atoms with van der Waals surface area (Å²) in [5, 5.41) is 0. The Balaban J connectivity index is 1.50. The second-order valence-corrected chi connectivity index (χ2v) is 10.0. The van der Waals surface area contributed by atoms with E-state index in [1.54, 1.807) is 14.2 Å². The molecule has 2 aromatic carbocycles. The fraction of sp³-hybridized carbons (Fsp3) is 0.500. The first-order chi connectivity index (χ1) is 14.7. The Morgan fingerprint density at radius 1 is 0.935 bits per heavy atom. The first-order valence-corrected chi connectivity index (χ1v) is 12.3. The molecule has 0 bridgehead atoms. The van der Waals surface area contributed by atoms with Gasteiger partial charge in [0.25, 0.3) is 0 Å². The Labute approximate surface area is 186 Å². The van der Waals surface area contributed by atoms with Crippen molar-refractivity contribution in [1.29, 1.82) is 0 Å². The van der Waals surface area contributed by atoms with Crippen LogP contribution in [0.4, 0.5) is 0 Å². The van der Waals surface area contributed by atoms with Crippen molar-refractivity contribution >= 4 is 10.0 Å². The van der Waals surface area contributed by atoms with Crippen molar-refractivity contribution in [3.05, 3.63) is 52.1 Å². The average Bonchev–Trinajstić information content (AvgIpc) is 2.71. The van der Waals surface area contributed by atoms with Crippen LogP contribution >= 0.6 is 0 Å². The summed E-state index contributed by atoms with van der Waals surface area (Å²) in [7, 11) is -0.167. The van der Waals surface area contributed by atoms with Gasteiger partial charge in [0, 0.05) is 19.6 Å². The van der Waals surface area contributed by atoms with E-state index >= 15 is 0 Å². The molecule has 0 amide bonds. The number of nitrogens with one attached hydrogen (secondary N) is 1. The molecule has 0 aliphatic carbocycles. The highest BCUT2D eigenvalue weighted by Gasteiger charge is 2.21. The minimum atomic E-state index is -3.49. The SMILES string of the molecule is COc1cc2c(cc1OC)CN(CCCCNS(=O)(=O)c1c(C)cc(C)cc1C)CC2. The Morgan fingerprint density at radius 2 is 1.55 bits per heavy atom. The molecule has 0 fully saturated rings. The van der Waals surface area contributed by atoms with Gasteiger partial charge in [-0.3, -0.25) is 4.90 Å². The van der Waals surface area contributed by atoms with E-state index in [1.807, 2.05) is 32.9 Å². The summed E-state index contributed by atoms with van der Waals surface area (Å²) in [6, 6.07) is 7.98. The van der Waals surface area contributed by atoms with Crippen LogP contribution in [0.25, 0.3) is 0 Å². The number of fused-ring (bicyclic) bond motifs is 1. The van der Waals surface area contributed by atoms with E-state index < -0.39 is 10.0 Å². The third kappa shape index (κ3) is 5.59. The Morgan fingerprint density at radius 3 is 2.16 bits per heavy atom. The summed E-state index contributed by atoms with van der Waals surface area (Å²) in [4.78, 5) is 2.83. The summed E-state index contributed by atoms with van der Waals surface area (Å²) in [5.41, 5.74) is 5.25. The molecule has 0 unspecified atom stereocenters. The van der Waals surface area contributed by atoms with Crippen LogP contribution in [0.2, 0.25) is 0 Å². The number of sulfonamides is 1. The van der Waals surface area contributed by atoms with Gasteiger partial charge in [0.2, 0.25) is 10.0 Å². The van der Waals surface area contributed by atoms with Crippen molar-refractivity contribution in [2.75, 3.05) is 33.9 Å². The maximum atomic E-state index is 12.8. The summed E-state index contributed by atoms with van der Waals surface area (Å²) in [6.07, 6.45) is 2.73. The number of methoxy groups -OCH3 is 2. The number of aryl methyl sites for hydroxylation is 3. The molecule has 0 aromatic heterocycles. The number of hydrogen-bond donors (Lipinski definition) is 1. The van der Waals surface area contributed by atoms with Crippen LogP contribution in [0.3, 0.4) is 0 Å². The second-order valence-electron chi connectivity index (χ2n) is 8.33. The highest BCUT2D eigenvalue weighted by atomic mass is 32.2. The zero-order valence-electron chi connectivity index (χ0n) is 19.2. The standard InChI is InChI=1S/C24H34N2O4S/c1-17-12-18(2)24(19(3)13-17)31(27,28)25-9-6-7-10-26-11-8-20-14-22(29-4)23(30-5)15-21(20)16-26/h12-15,25H,6-11,16H2,1-5H3. The quantitative estimate of drug-likeness (QED) is 0.594. The summed E-state index contributed by atoms with van der Waals surface area (Å²) in [6.45, 7) is 8.96. The number of rotatable bonds is 9. The molecular weight excluding hydrogens is 412 g/mol. The fourth-order valence-corrected chi connectivity index (χ4v) is 5.99. The van der Waals surface area contributed by atoms with E-state index in [9.17, 15) is 8.42 Å². The lowest BCUT2D eigenvalue weighted by Gasteiger charge is -2.29. The third-order valence-corrected chi connectivity index (χ3v) is 7.63. The van der Waals surface area contributed by atoms with Gasteiger partial charge in [0.15, 0.2) is 11.5 Å². The first kappa shape index (κ1) is 23.6. The molecule has 1 aliphatic rings. The Bertz CT molecular complexity index is 1010. The largest absolute Gasteiger partial charge is 0.493 e. The first-order valence-electron chi connectivity index (χ1n) is 10.8. The number of hydrogen-bond acceptors (Lipinski definition) is 5. The van der Waals surface area contributed by atoms with Crippen molar-refractivity contribution in [2.45, 2.75) is 51.5 Å². The minimum Gasteiger partial charge on any atom is -0.493 e. The average molecular weight is 447 g/mol. The third-order valence-electron chi connectivity index (χ3n) is 5.86. The molecule has 6 nitrogen and oxygen atoms in total. The van der Waals surface area contributed by atoms with Gasteiger partial charge < -0.3 is 9.47 Å². The predicted molar refractivity (Wildman–Crippen MR) is 124 cm³/mol. The molecular formula is C24H34N2O4S. The van der Waals surface area contributed by atoms with E-state index in [-0.39, 0.29) is 0 Å². The van der Waals surface area contributed by atoms with Crippen molar-refractivity contribution in [1.82, 2.24) is 9.62 Å². The van der Waals surface area contributed by atoms with E-state index in [1.165, 1.54) is 11.1 Å². The van der Waals surface area contributed by atoms with E-state index in [0.29, 0.717) is 11.4 Å². The molecule has 0 radical (unpaired) electrons. The monoisotopic (exact) mass is 446 g/mol. The maximum absolute atomic E-state index is 12.8. The Kier molecular flexibility index (Phi) is 7.62. The molecule has 31 heavy (non-hydrogen) atoms. The normalized spacial score (nSPS) is 14.4. The highest BCUT2D eigenvalue weighted by molar-refractivity contribution is 7.89. The van der Waals surface area contributed by atoms with Crippen LogP contribution in [-0.2, 0) is 23.0 Å². The van der Waals surface area contributed by atoms with Crippen LogP contribution in [-0.4, -0.2) is 47.2 Å². The molecule has 1 aliphatic heterocycles. The van der Waals surface area contributed by atoms with Gasteiger partial charge in [-0.05, 0) is 81.0 Å².